The van der Waals surface area contributed by atoms with Crippen molar-refractivity contribution in [3.8, 4) is 0 Å². The van der Waals surface area contributed by atoms with E-state index in [1.54, 1.807) is 6.07 Å². The van der Waals surface area contributed by atoms with Crippen LogP contribution in [0.1, 0.15) is 38.7 Å². The highest BCUT2D eigenvalue weighted by Crippen LogP contribution is 2.42. The molecule has 0 fully saturated rings. The number of carbonyl (C=O) groups is 1. The molecule has 0 radical (unpaired) electrons. The lowest BCUT2D eigenvalue weighted by Gasteiger charge is -2.12. The zero-order chi connectivity index (χ0) is 13.6. The molecule has 1 amide bonds. The number of hydrogen-bond donors (Lipinski definition) is 1. The third-order valence-electron chi connectivity index (χ3n) is 3.55. The fourth-order valence-electron chi connectivity index (χ4n) is 2.76. The highest BCUT2D eigenvalue weighted by atomic mass is 35.5. The minimum Gasteiger partial charge on any atom is -0.365 e. The predicted octanol–water partition coefficient (Wildman–Crippen LogP) is 3.72. The molecule has 2 nitrogen and oxygen atoms in total. The molecule has 0 bridgehead atoms. The van der Waals surface area contributed by atoms with Gasteiger partial charge in [-0.25, -0.2) is 4.39 Å². The molecule has 0 spiro atoms. The average Bonchev–Trinajstić information content (AvgIpc) is 2.93. The van der Waals surface area contributed by atoms with Gasteiger partial charge in [0.1, 0.15) is 5.82 Å². The highest BCUT2D eigenvalue weighted by Gasteiger charge is 2.30. The topological polar surface area (TPSA) is 43.1 Å². The molecule has 0 saturated heterocycles. The van der Waals surface area contributed by atoms with Crippen LogP contribution < -0.4 is 5.73 Å². The van der Waals surface area contributed by atoms with Gasteiger partial charge in [-0.05, 0) is 53.1 Å². The molecule has 5 heteroatoms. The number of thiophene rings is 1. The zero-order valence-corrected chi connectivity index (χ0v) is 11.5. The second kappa shape index (κ2) is 4.62. The van der Waals surface area contributed by atoms with Gasteiger partial charge in [0.2, 0.25) is 0 Å². The molecular weight excluding hydrogens is 285 g/mol. The number of amides is 1. The van der Waals surface area contributed by atoms with Gasteiger partial charge in [-0.15, -0.1) is 11.3 Å². The number of hydrogen-bond acceptors (Lipinski definition) is 2. The summed E-state index contributed by atoms with van der Waals surface area (Å²) in [5.41, 5.74) is 7.85. The van der Waals surface area contributed by atoms with Crippen LogP contribution in [0.2, 0.25) is 5.02 Å². The van der Waals surface area contributed by atoms with E-state index in [4.69, 9.17) is 17.3 Å². The Bertz CT molecular complexity index is 667. The van der Waals surface area contributed by atoms with E-state index in [2.05, 4.69) is 0 Å². The van der Waals surface area contributed by atoms with Crippen molar-refractivity contribution in [2.75, 3.05) is 0 Å². The summed E-state index contributed by atoms with van der Waals surface area (Å²) in [4.78, 5) is 12.0. The second-order valence-electron chi connectivity index (χ2n) is 4.62. The van der Waals surface area contributed by atoms with Crippen LogP contribution in [0.3, 0.4) is 0 Å². The maximum absolute atomic E-state index is 13.9. The molecular formula is C14H11ClFNOS. The van der Waals surface area contributed by atoms with Crippen molar-refractivity contribution in [3.63, 3.8) is 0 Å². The summed E-state index contributed by atoms with van der Waals surface area (Å²) >= 11 is 7.25. The monoisotopic (exact) mass is 295 g/mol. The number of carbonyl (C=O) groups excluding carboxylic acids is 1. The third kappa shape index (κ3) is 2.05. The van der Waals surface area contributed by atoms with Gasteiger partial charge in [-0.2, -0.15) is 0 Å². The van der Waals surface area contributed by atoms with Crippen LogP contribution in [-0.4, -0.2) is 5.91 Å². The molecule has 1 heterocycles. The first kappa shape index (κ1) is 12.6. The Morgan fingerprint density at radius 1 is 1.42 bits per heavy atom. The number of halogens is 2. The van der Waals surface area contributed by atoms with Crippen LogP contribution in [-0.2, 0) is 6.42 Å². The number of fused-ring (bicyclic) bond motifs is 1. The molecule has 3 rings (SSSR count). The fourth-order valence-corrected chi connectivity index (χ4v) is 3.79. The van der Waals surface area contributed by atoms with E-state index < -0.39 is 5.91 Å². The summed E-state index contributed by atoms with van der Waals surface area (Å²) in [5, 5.41) is 2.23. The smallest absolute Gasteiger partial charge is 0.259 e. The minimum atomic E-state index is -0.430. The minimum absolute atomic E-state index is 0.0111. The highest BCUT2D eigenvalue weighted by molar-refractivity contribution is 7.12. The van der Waals surface area contributed by atoms with Crippen molar-refractivity contribution in [1.82, 2.24) is 0 Å². The average molecular weight is 296 g/mol. The van der Waals surface area contributed by atoms with Gasteiger partial charge in [-0.1, -0.05) is 11.6 Å². The first-order chi connectivity index (χ1) is 9.08. The maximum atomic E-state index is 13.9. The van der Waals surface area contributed by atoms with Crippen molar-refractivity contribution < 1.29 is 9.18 Å². The van der Waals surface area contributed by atoms with E-state index in [0.29, 0.717) is 21.9 Å². The number of primary amides is 1. The molecule has 19 heavy (non-hydrogen) atoms. The Morgan fingerprint density at radius 3 is 2.95 bits per heavy atom. The zero-order valence-electron chi connectivity index (χ0n) is 9.95. The molecule has 98 valence electrons. The maximum Gasteiger partial charge on any atom is 0.259 e. The van der Waals surface area contributed by atoms with E-state index in [1.807, 2.05) is 11.4 Å². The Kier molecular flexibility index (Phi) is 3.07. The van der Waals surface area contributed by atoms with Gasteiger partial charge in [0.15, 0.2) is 0 Å². The van der Waals surface area contributed by atoms with Gasteiger partial charge < -0.3 is 5.73 Å². The van der Waals surface area contributed by atoms with Crippen molar-refractivity contribution in [2.45, 2.75) is 18.8 Å². The Balaban J connectivity index is 2.12. The number of rotatable bonds is 2. The van der Waals surface area contributed by atoms with Crippen molar-refractivity contribution in [2.24, 2.45) is 5.73 Å². The SMILES string of the molecule is NC(=O)c1sccc1[C@@H]1CCc2c(F)cc(Cl)cc21. The van der Waals surface area contributed by atoms with Gasteiger partial charge in [0, 0.05) is 10.9 Å². The van der Waals surface area contributed by atoms with E-state index in [0.717, 1.165) is 17.5 Å². The third-order valence-corrected chi connectivity index (χ3v) is 4.71. The predicted molar refractivity (Wildman–Crippen MR) is 74.4 cm³/mol. The first-order valence-electron chi connectivity index (χ1n) is 5.93. The molecule has 1 aromatic heterocycles. The summed E-state index contributed by atoms with van der Waals surface area (Å²) in [6.45, 7) is 0. The molecule has 0 saturated carbocycles. The summed E-state index contributed by atoms with van der Waals surface area (Å²) in [7, 11) is 0. The van der Waals surface area contributed by atoms with E-state index >= 15 is 0 Å². The molecule has 0 unspecified atom stereocenters. The molecule has 0 aliphatic heterocycles. The summed E-state index contributed by atoms with van der Waals surface area (Å²) in [6, 6.07) is 5.02. The summed E-state index contributed by atoms with van der Waals surface area (Å²) < 4.78 is 13.9. The van der Waals surface area contributed by atoms with Crippen molar-refractivity contribution >= 4 is 28.8 Å². The lowest BCUT2D eigenvalue weighted by Crippen LogP contribution is -2.12. The number of benzene rings is 1. The Morgan fingerprint density at radius 2 is 2.21 bits per heavy atom. The van der Waals surface area contributed by atoms with Crippen LogP contribution in [0, 0.1) is 5.82 Å². The number of nitrogens with two attached hydrogens (primary N) is 1. The van der Waals surface area contributed by atoms with E-state index in [9.17, 15) is 9.18 Å². The molecule has 1 aliphatic carbocycles. The molecule has 1 aromatic carbocycles. The van der Waals surface area contributed by atoms with Gasteiger partial charge in [-0.3, -0.25) is 4.79 Å². The molecule has 1 aliphatic rings. The van der Waals surface area contributed by atoms with Crippen LogP contribution in [0.15, 0.2) is 23.6 Å². The normalized spacial score (nSPS) is 17.5. The van der Waals surface area contributed by atoms with Gasteiger partial charge in [0.25, 0.3) is 5.91 Å². The fraction of sp³-hybridized carbons (Fsp3) is 0.214. The van der Waals surface area contributed by atoms with E-state index in [-0.39, 0.29) is 11.7 Å². The van der Waals surface area contributed by atoms with E-state index in [1.165, 1.54) is 17.4 Å². The van der Waals surface area contributed by atoms with Crippen LogP contribution >= 0.6 is 22.9 Å². The summed E-state index contributed by atoms with van der Waals surface area (Å²) in [6.07, 6.45) is 1.45. The van der Waals surface area contributed by atoms with Crippen LogP contribution in [0.4, 0.5) is 4.39 Å². The van der Waals surface area contributed by atoms with Crippen LogP contribution in [0.5, 0.6) is 0 Å². The first-order valence-corrected chi connectivity index (χ1v) is 7.18. The Hall–Kier alpha value is -1.39. The van der Waals surface area contributed by atoms with Crippen molar-refractivity contribution in [3.05, 3.63) is 56.0 Å². The lowest BCUT2D eigenvalue weighted by atomic mass is 9.93. The second-order valence-corrected chi connectivity index (χ2v) is 5.97. The van der Waals surface area contributed by atoms with Crippen molar-refractivity contribution in [1.29, 1.82) is 0 Å². The lowest BCUT2D eigenvalue weighted by molar-refractivity contribution is 0.100. The van der Waals surface area contributed by atoms with Gasteiger partial charge in [0.05, 0.1) is 4.88 Å². The molecule has 2 N–H and O–H groups in total. The standard InChI is InChI=1S/C14H11ClFNOS/c15-7-5-11-8(1-2-9(11)12(16)6-7)10-3-4-19-13(10)14(17)18/h3-6,8H,1-2H2,(H2,17,18)/t8-/m0/s1. The molecule has 2 aromatic rings. The quantitative estimate of drug-likeness (QED) is 0.901. The molecule has 1 atom stereocenters. The van der Waals surface area contributed by atoms with Gasteiger partial charge >= 0.3 is 0 Å². The van der Waals surface area contributed by atoms with Crippen LogP contribution in [0.25, 0.3) is 0 Å². The Labute approximate surface area is 119 Å². The largest absolute Gasteiger partial charge is 0.365 e. The summed E-state index contributed by atoms with van der Waals surface area (Å²) in [5.74, 6) is -0.682.